The van der Waals surface area contributed by atoms with Crippen molar-refractivity contribution in [1.82, 2.24) is 19.4 Å². The first kappa shape index (κ1) is 20.5. The summed E-state index contributed by atoms with van der Waals surface area (Å²) in [5, 5.41) is 0. The number of unbranched alkanes of at least 4 members (excludes halogenated alkanes) is 1. The molecule has 0 bridgehead atoms. The lowest BCUT2D eigenvalue weighted by molar-refractivity contribution is 0.0732. The van der Waals surface area contributed by atoms with Crippen molar-refractivity contribution in [2.24, 2.45) is 0 Å². The fraction of sp³-hybridized carbons (Fsp3) is 0.458. The minimum absolute atomic E-state index is 0.140. The zero-order chi connectivity index (χ0) is 21.1. The third kappa shape index (κ3) is 3.95. The number of amides is 1. The van der Waals surface area contributed by atoms with E-state index in [-0.39, 0.29) is 11.7 Å². The van der Waals surface area contributed by atoms with E-state index in [4.69, 9.17) is 4.98 Å². The molecule has 2 aromatic heterocycles. The number of fused-ring (bicyclic) bond motifs is 1. The highest BCUT2D eigenvalue weighted by Gasteiger charge is 2.26. The summed E-state index contributed by atoms with van der Waals surface area (Å²) in [5.74, 6) is 0.381. The number of benzene rings is 1. The predicted molar refractivity (Wildman–Crippen MR) is 116 cm³/mol. The molecule has 158 valence electrons. The van der Waals surface area contributed by atoms with Gasteiger partial charge < -0.3 is 9.47 Å². The minimum atomic E-state index is -0.348. The summed E-state index contributed by atoms with van der Waals surface area (Å²) >= 11 is 0. The average molecular weight is 409 g/mol. The Morgan fingerprint density at radius 1 is 1.23 bits per heavy atom. The maximum Gasteiger partial charge on any atom is 0.254 e. The van der Waals surface area contributed by atoms with Crippen LogP contribution in [0.2, 0.25) is 0 Å². The summed E-state index contributed by atoms with van der Waals surface area (Å²) in [6, 6.07) is 8.96. The zero-order valence-electron chi connectivity index (χ0n) is 17.8. The lowest BCUT2D eigenvalue weighted by atomic mass is 10.1. The Bertz CT molecular complexity index is 1040. The fourth-order valence-corrected chi connectivity index (χ4v) is 4.42. The SMILES string of the molecule is CCCCN(Cc1nc2cccnc2n1C1CCCC1)C(=O)c1cccc(F)c1C. The summed E-state index contributed by atoms with van der Waals surface area (Å²) in [6.07, 6.45) is 8.31. The molecule has 30 heavy (non-hydrogen) atoms. The van der Waals surface area contributed by atoms with E-state index < -0.39 is 0 Å². The second-order valence-electron chi connectivity index (χ2n) is 8.18. The van der Waals surface area contributed by atoms with Crippen LogP contribution in [-0.2, 0) is 6.54 Å². The number of nitrogens with zero attached hydrogens (tertiary/aromatic N) is 4. The molecule has 1 saturated carbocycles. The summed E-state index contributed by atoms with van der Waals surface area (Å²) < 4.78 is 16.3. The number of hydrogen-bond donors (Lipinski definition) is 0. The fourth-order valence-electron chi connectivity index (χ4n) is 4.42. The Morgan fingerprint density at radius 3 is 2.80 bits per heavy atom. The Kier molecular flexibility index (Phi) is 6.11. The summed E-state index contributed by atoms with van der Waals surface area (Å²) in [5.41, 5.74) is 2.58. The van der Waals surface area contributed by atoms with E-state index in [1.54, 1.807) is 25.3 Å². The molecule has 0 spiro atoms. The normalized spacial score (nSPS) is 14.5. The molecule has 3 aromatic rings. The number of carbonyl (C=O) groups is 1. The van der Waals surface area contributed by atoms with Crippen LogP contribution in [0.5, 0.6) is 0 Å². The van der Waals surface area contributed by atoms with Gasteiger partial charge in [0, 0.05) is 24.3 Å². The van der Waals surface area contributed by atoms with Gasteiger partial charge in [-0.3, -0.25) is 4.79 Å². The molecule has 0 saturated heterocycles. The molecular weight excluding hydrogens is 379 g/mol. The van der Waals surface area contributed by atoms with Crippen molar-refractivity contribution in [1.29, 1.82) is 0 Å². The molecule has 2 heterocycles. The van der Waals surface area contributed by atoms with Crippen molar-refractivity contribution in [2.45, 2.75) is 65.0 Å². The van der Waals surface area contributed by atoms with Crippen LogP contribution < -0.4 is 0 Å². The number of carbonyl (C=O) groups excluding carboxylic acids is 1. The smallest absolute Gasteiger partial charge is 0.254 e. The van der Waals surface area contributed by atoms with Crippen molar-refractivity contribution >= 4 is 17.1 Å². The summed E-state index contributed by atoms with van der Waals surface area (Å²) in [6.45, 7) is 4.79. The van der Waals surface area contributed by atoms with Crippen molar-refractivity contribution in [2.75, 3.05) is 6.54 Å². The van der Waals surface area contributed by atoms with Crippen LogP contribution in [-0.4, -0.2) is 31.9 Å². The summed E-state index contributed by atoms with van der Waals surface area (Å²) in [4.78, 5) is 24.6. The van der Waals surface area contributed by atoms with Crippen molar-refractivity contribution in [3.05, 3.63) is 59.3 Å². The number of imidazole rings is 1. The van der Waals surface area contributed by atoms with Gasteiger partial charge in [0.2, 0.25) is 0 Å². The molecule has 1 aromatic carbocycles. The molecule has 0 N–H and O–H groups in total. The highest BCUT2D eigenvalue weighted by molar-refractivity contribution is 5.95. The third-order valence-electron chi connectivity index (χ3n) is 6.11. The van der Waals surface area contributed by atoms with Crippen LogP contribution in [0, 0.1) is 12.7 Å². The van der Waals surface area contributed by atoms with Crippen LogP contribution in [0.3, 0.4) is 0 Å². The largest absolute Gasteiger partial charge is 0.331 e. The van der Waals surface area contributed by atoms with E-state index in [1.165, 1.54) is 18.9 Å². The molecule has 0 radical (unpaired) electrons. The Balaban J connectivity index is 1.71. The third-order valence-corrected chi connectivity index (χ3v) is 6.11. The second-order valence-corrected chi connectivity index (χ2v) is 8.18. The molecule has 6 heteroatoms. The predicted octanol–water partition coefficient (Wildman–Crippen LogP) is 5.44. The number of aromatic nitrogens is 3. The molecule has 4 rings (SSSR count). The minimum Gasteiger partial charge on any atom is -0.331 e. The Labute approximate surface area is 176 Å². The van der Waals surface area contributed by atoms with E-state index in [9.17, 15) is 9.18 Å². The van der Waals surface area contributed by atoms with Gasteiger partial charge in [-0.1, -0.05) is 32.3 Å². The van der Waals surface area contributed by atoms with E-state index in [1.807, 2.05) is 17.0 Å². The molecule has 0 atom stereocenters. The van der Waals surface area contributed by atoms with Crippen LogP contribution in [0.25, 0.3) is 11.2 Å². The van der Waals surface area contributed by atoms with Gasteiger partial charge in [0.1, 0.15) is 17.2 Å². The number of hydrogen-bond acceptors (Lipinski definition) is 3. The van der Waals surface area contributed by atoms with Crippen molar-refractivity contribution in [3.8, 4) is 0 Å². The lowest BCUT2D eigenvalue weighted by Crippen LogP contribution is -2.33. The highest BCUT2D eigenvalue weighted by atomic mass is 19.1. The van der Waals surface area contributed by atoms with Crippen LogP contribution >= 0.6 is 0 Å². The van der Waals surface area contributed by atoms with Crippen molar-refractivity contribution < 1.29 is 9.18 Å². The maximum absolute atomic E-state index is 14.1. The molecule has 1 amide bonds. The molecular formula is C24H29FN4O. The maximum atomic E-state index is 14.1. The average Bonchev–Trinajstić information content (AvgIpc) is 3.39. The van der Waals surface area contributed by atoms with Gasteiger partial charge >= 0.3 is 0 Å². The quantitative estimate of drug-likeness (QED) is 0.523. The number of rotatable bonds is 7. The number of pyridine rings is 1. The second kappa shape index (κ2) is 8.94. The van der Waals surface area contributed by atoms with Gasteiger partial charge in [-0.25, -0.2) is 14.4 Å². The van der Waals surface area contributed by atoms with Gasteiger partial charge in [0.15, 0.2) is 5.65 Å². The summed E-state index contributed by atoms with van der Waals surface area (Å²) in [7, 11) is 0. The van der Waals surface area contributed by atoms with E-state index in [0.29, 0.717) is 30.3 Å². The van der Waals surface area contributed by atoms with E-state index >= 15 is 0 Å². The van der Waals surface area contributed by atoms with Gasteiger partial charge in [-0.2, -0.15) is 0 Å². The van der Waals surface area contributed by atoms with Crippen LogP contribution in [0.4, 0.5) is 4.39 Å². The molecule has 0 unspecified atom stereocenters. The van der Waals surface area contributed by atoms with E-state index in [0.717, 1.165) is 42.7 Å². The first-order valence-electron chi connectivity index (χ1n) is 11.0. The van der Waals surface area contributed by atoms with Gasteiger partial charge in [-0.05, 0) is 56.0 Å². The topological polar surface area (TPSA) is 51.0 Å². The number of halogens is 1. The lowest BCUT2D eigenvalue weighted by Gasteiger charge is -2.25. The van der Waals surface area contributed by atoms with Crippen molar-refractivity contribution in [3.63, 3.8) is 0 Å². The first-order chi connectivity index (χ1) is 14.6. The molecule has 0 aliphatic heterocycles. The monoisotopic (exact) mass is 408 g/mol. The standard InChI is InChI=1S/C24H29FN4O/c1-3-4-15-28(24(30)19-11-7-12-20(25)17(19)2)16-22-27-21-13-8-14-26-23(21)29(22)18-9-5-6-10-18/h7-8,11-14,18H,3-6,9-10,15-16H2,1-2H3. The molecule has 1 aliphatic rings. The molecule has 1 fully saturated rings. The van der Waals surface area contributed by atoms with Gasteiger partial charge in [-0.15, -0.1) is 0 Å². The highest BCUT2D eigenvalue weighted by Crippen LogP contribution is 2.33. The van der Waals surface area contributed by atoms with Gasteiger partial charge in [0.05, 0.1) is 6.54 Å². The Morgan fingerprint density at radius 2 is 2.03 bits per heavy atom. The van der Waals surface area contributed by atoms with E-state index in [2.05, 4.69) is 16.5 Å². The molecule has 5 nitrogen and oxygen atoms in total. The Hall–Kier alpha value is -2.76. The zero-order valence-corrected chi connectivity index (χ0v) is 17.8. The molecule has 1 aliphatic carbocycles. The van der Waals surface area contributed by atoms with Crippen LogP contribution in [0.15, 0.2) is 36.5 Å². The van der Waals surface area contributed by atoms with Gasteiger partial charge in [0.25, 0.3) is 5.91 Å². The van der Waals surface area contributed by atoms with Crippen LogP contribution in [0.1, 0.15) is 73.2 Å². The first-order valence-corrected chi connectivity index (χ1v) is 11.0.